The van der Waals surface area contributed by atoms with Crippen LogP contribution in [0.5, 0.6) is 0 Å². The molecule has 5 heteroatoms. The van der Waals surface area contributed by atoms with Crippen LogP contribution in [0.2, 0.25) is 0 Å². The fourth-order valence-electron chi connectivity index (χ4n) is 1.92. The highest BCUT2D eigenvalue weighted by Crippen LogP contribution is 2.30. The Balaban J connectivity index is 2.53. The van der Waals surface area contributed by atoms with Crippen LogP contribution in [0.3, 0.4) is 0 Å². The summed E-state index contributed by atoms with van der Waals surface area (Å²) in [6.07, 6.45) is -1.48. The Morgan fingerprint density at radius 1 is 1.05 bits per heavy atom. The maximum Gasteiger partial charge on any atom is 0.133 e. The van der Waals surface area contributed by atoms with Crippen molar-refractivity contribution in [2.45, 2.75) is 13.0 Å². The maximum absolute atomic E-state index is 13.8. The van der Waals surface area contributed by atoms with Crippen molar-refractivity contribution < 1.29 is 18.3 Å². The summed E-state index contributed by atoms with van der Waals surface area (Å²) in [6.45, 7) is 1.57. The van der Waals surface area contributed by atoms with Gasteiger partial charge in [0, 0.05) is 4.47 Å². The molecule has 0 saturated heterocycles. The van der Waals surface area contributed by atoms with Gasteiger partial charge in [-0.05, 0) is 42.3 Å². The number of aliphatic hydroxyl groups excluding tert-OH is 1. The minimum Gasteiger partial charge on any atom is -0.383 e. The number of hydrogen-bond acceptors (Lipinski definition) is 1. The Labute approximate surface area is 116 Å². The van der Waals surface area contributed by atoms with Crippen LogP contribution in [0.15, 0.2) is 34.8 Å². The SMILES string of the molecule is Cc1cc(F)ccc1C(O)c1c(F)cc(Br)cc1F. The second-order valence-corrected chi connectivity index (χ2v) is 5.10. The molecule has 0 fully saturated rings. The smallest absolute Gasteiger partial charge is 0.133 e. The molecule has 0 aliphatic heterocycles. The van der Waals surface area contributed by atoms with Gasteiger partial charge in [-0.3, -0.25) is 0 Å². The van der Waals surface area contributed by atoms with Gasteiger partial charge in [0.1, 0.15) is 23.6 Å². The Bertz CT molecular complexity index is 605. The van der Waals surface area contributed by atoms with Crippen LogP contribution in [0.1, 0.15) is 22.8 Å². The van der Waals surface area contributed by atoms with Gasteiger partial charge in [0.05, 0.1) is 5.56 Å². The van der Waals surface area contributed by atoms with Crippen molar-refractivity contribution >= 4 is 15.9 Å². The Morgan fingerprint density at radius 3 is 2.16 bits per heavy atom. The van der Waals surface area contributed by atoms with Crippen LogP contribution in [-0.4, -0.2) is 5.11 Å². The molecule has 2 aromatic carbocycles. The molecular formula is C14H10BrF3O. The van der Waals surface area contributed by atoms with Gasteiger partial charge in [0.15, 0.2) is 0 Å². The number of benzene rings is 2. The van der Waals surface area contributed by atoms with E-state index >= 15 is 0 Å². The van der Waals surface area contributed by atoms with Crippen molar-refractivity contribution in [1.82, 2.24) is 0 Å². The van der Waals surface area contributed by atoms with E-state index in [0.717, 1.165) is 18.2 Å². The fourth-order valence-corrected chi connectivity index (χ4v) is 2.32. The summed E-state index contributed by atoms with van der Waals surface area (Å²) in [7, 11) is 0. The predicted molar refractivity (Wildman–Crippen MR) is 69.3 cm³/mol. The molecule has 0 aliphatic carbocycles. The van der Waals surface area contributed by atoms with E-state index in [0.29, 0.717) is 5.56 Å². The fraction of sp³-hybridized carbons (Fsp3) is 0.143. The van der Waals surface area contributed by atoms with E-state index < -0.39 is 29.1 Å². The Hall–Kier alpha value is -1.33. The second kappa shape index (κ2) is 5.35. The lowest BCUT2D eigenvalue weighted by Gasteiger charge is -2.16. The van der Waals surface area contributed by atoms with Gasteiger partial charge in [-0.15, -0.1) is 0 Å². The van der Waals surface area contributed by atoms with Crippen molar-refractivity contribution in [2.24, 2.45) is 0 Å². The summed E-state index contributed by atoms with van der Waals surface area (Å²) >= 11 is 2.97. The van der Waals surface area contributed by atoms with Crippen molar-refractivity contribution in [1.29, 1.82) is 0 Å². The molecule has 0 aliphatic rings. The number of aryl methyl sites for hydroxylation is 1. The summed E-state index contributed by atoms with van der Waals surface area (Å²) in [5, 5.41) is 10.1. The molecule has 1 unspecified atom stereocenters. The van der Waals surface area contributed by atoms with E-state index in [1.54, 1.807) is 6.92 Å². The molecule has 1 nitrogen and oxygen atoms in total. The van der Waals surface area contributed by atoms with Crippen molar-refractivity contribution in [3.63, 3.8) is 0 Å². The van der Waals surface area contributed by atoms with Crippen LogP contribution in [-0.2, 0) is 0 Å². The first-order chi connectivity index (χ1) is 8.90. The zero-order chi connectivity index (χ0) is 14.2. The molecule has 1 atom stereocenters. The molecular weight excluding hydrogens is 321 g/mol. The molecule has 0 spiro atoms. The van der Waals surface area contributed by atoms with E-state index in [-0.39, 0.29) is 10.0 Å². The molecule has 0 bridgehead atoms. The topological polar surface area (TPSA) is 20.2 Å². The molecule has 0 saturated carbocycles. The molecule has 19 heavy (non-hydrogen) atoms. The maximum atomic E-state index is 13.8. The molecule has 2 aromatic rings. The first-order valence-corrected chi connectivity index (χ1v) is 6.28. The predicted octanol–water partition coefficient (Wildman–Crippen LogP) is 4.26. The minimum atomic E-state index is -1.48. The molecule has 0 heterocycles. The van der Waals surface area contributed by atoms with E-state index in [4.69, 9.17) is 0 Å². The van der Waals surface area contributed by atoms with Gasteiger partial charge in [0.25, 0.3) is 0 Å². The Morgan fingerprint density at radius 2 is 1.63 bits per heavy atom. The normalized spacial score (nSPS) is 12.5. The zero-order valence-corrected chi connectivity index (χ0v) is 11.5. The van der Waals surface area contributed by atoms with Gasteiger partial charge >= 0.3 is 0 Å². The lowest BCUT2D eigenvalue weighted by Crippen LogP contribution is -2.07. The van der Waals surface area contributed by atoms with Gasteiger partial charge < -0.3 is 5.11 Å². The van der Waals surface area contributed by atoms with Gasteiger partial charge in [-0.25, -0.2) is 13.2 Å². The van der Waals surface area contributed by atoms with E-state index in [9.17, 15) is 18.3 Å². The van der Waals surface area contributed by atoms with Crippen LogP contribution < -0.4 is 0 Å². The first-order valence-electron chi connectivity index (χ1n) is 5.48. The molecule has 0 radical (unpaired) electrons. The zero-order valence-electron chi connectivity index (χ0n) is 9.92. The number of hydrogen-bond donors (Lipinski definition) is 1. The lowest BCUT2D eigenvalue weighted by atomic mass is 9.96. The second-order valence-electron chi connectivity index (χ2n) is 4.19. The molecule has 0 aromatic heterocycles. The highest BCUT2D eigenvalue weighted by atomic mass is 79.9. The average molecular weight is 331 g/mol. The highest BCUT2D eigenvalue weighted by molar-refractivity contribution is 9.10. The third-order valence-electron chi connectivity index (χ3n) is 2.84. The average Bonchev–Trinajstić information content (AvgIpc) is 2.26. The molecule has 100 valence electrons. The van der Waals surface area contributed by atoms with E-state index in [1.165, 1.54) is 12.1 Å². The van der Waals surface area contributed by atoms with Gasteiger partial charge in [0.2, 0.25) is 0 Å². The minimum absolute atomic E-state index is 0.245. The van der Waals surface area contributed by atoms with Crippen molar-refractivity contribution in [3.8, 4) is 0 Å². The van der Waals surface area contributed by atoms with Crippen molar-refractivity contribution in [2.75, 3.05) is 0 Å². The van der Waals surface area contributed by atoms with Crippen LogP contribution in [0.4, 0.5) is 13.2 Å². The third-order valence-corrected chi connectivity index (χ3v) is 3.30. The summed E-state index contributed by atoms with van der Waals surface area (Å²) in [5.74, 6) is -2.18. The number of rotatable bonds is 2. The largest absolute Gasteiger partial charge is 0.383 e. The van der Waals surface area contributed by atoms with Crippen LogP contribution >= 0.6 is 15.9 Å². The van der Waals surface area contributed by atoms with Crippen LogP contribution in [0, 0.1) is 24.4 Å². The summed E-state index contributed by atoms with van der Waals surface area (Å²) in [5.41, 5.74) is 0.244. The highest BCUT2D eigenvalue weighted by Gasteiger charge is 2.22. The summed E-state index contributed by atoms with van der Waals surface area (Å²) in [4.78, 5) is 0. The van der Waals surface area contributed by atoms with Crippen LogP contribution in [0.25, 0.3) is 0 Å². The molecule has 1 N–H and O–H groups in total. The molecule has 2 rings (SSSR count). The Kier molecular flexibility index (Phi) is 3.96. The quantitative estimate of drug-likeness (QED) is 0.872. The van der Waals surface area contributed by atoms with Crippen molar-refractivity contribution in [3.05, 3.63) is 68.9 Å². The molecule has 0 amide bonds. The van der Waals surface area contributed by atoms with Gasteiger partial charge in [-0.1, -0.05) is 22.0 Å². The van der Waals surface area contributed by atoms with E-state index in [2.05, 4.69) is 15.9 Å². The number of halogens is 4. The van der Waals surface area contributed by atoms with E-state index in [1.807, 2.05) is 0 Å². The monoisotopic (exact) mass is 330 g/mol. The summed E-state index contributed by atoms with van der Waals surface area (Å²) < 4.78 is 40.7. The standard InChI is InChI=1S/C14H10BrF3O/c1-7-4-9(16)2-3-10(7)14(19)13-11(17)5-8(15)6-12(13)18/h2-6,14,19H,1H3. The first kappa shape index (κ1) is 14.1. The summed E-state index contributed by atoms with van der Waals surface area (Å²) in [6, 6.07) is 5.80. The number of aliphatic hydroxyl groups is 1. The third kappa shape index (κ3) is 2.82. The lowest BCUT2D eigenvalue weighted by molar-refractivity contribution is 0.208. The van der Waals surface area contributed by atoms with Gasteiger partial charge in [-0.2, -0.15) is 0 Å².